The van der Waals surface area contributed by atoms with Crippen molar-refractivity contribution in [1.82, 2.24) is 0 Å². The van der Waals surface area contributed by atoms with Crippen molar-refractivity contribution in [2.75, 3.05) is 12.4 Å². The van der Waals surface area contributed by atoms with Crippen LogP contribution in [0.4, 0.5) is 0 Å². The number of ether oxygens (including phenoxy) is 1. The van der Waals surface area contributed by atoms with Crippen molar-refractivity contribution in [2.24, 2.45) is 5.92 Å². The standard InChI is InChI=1S/C8H16O6S.Na/c1-3-6(2)8(10)14-4-7(9)5-15(11,12)13;/h6-7,9H,3-5H2,1-2H3,(H,11,12,13);/q;+1/p-1. The zero-order valence-corrected chi connectivity index (χ0v) is 12.5. The summed E-state index contributed by atoms with van der Waals surface area (Å²) in [6.07, 6.45) is -0.866. The third kappa shape index (κ3) is 9.56. The van der Waals surface area contributed by atoms with Crippen LogP contribution in [0.1, 0.15) is 20.3 Å². The molecule has 16 heavy (non-hydrogen) atoms. The molecule has 0 saturated heterocycles. The molecule has 2 unspecified atom stereocenters. The molecule has 2 atom stereocenters. The number of rotatable bonds is 6. The quantitative estimate of drug-likeness (QED) is 0.302. The summed E-state index contributed by atoms with van der Waals surface area (Å²) in [5, 5.41) is 9.03. The minimum atomic E-state index is -4.49. The van der Waals surface area contributed by atoms with Crippen molar-refractivity contribution in [3.05, 3.63) is 0 Å². The molecule has 0 aliphatic carbocycles. The van der Waals surface area contributed by atoms with Gasteiger partial charge in [0.2, 0.25) is 0 Å². The summed E-state index contributed by atoms with van der Waals surface area (Å²) in [4.78, 5) is 11.1. The van der Waals surface area contributed by atoms with Crippen molar-refractivity contribution in [1.29, 1.82) is 0 Å². The molecule has 0 rings (SSSR count). The predicted octanol–water partition coefficient (Wildman–Crippen LogP) is -3.51. The molecule has 0 fully saturated rings. The molecule has 0 aromatic carbocycles. The largest absolute Gasteiger partial charge is 1.00 e. The maximum atomic E-state index is 11.1. The van der Waals surface area contributed by atoms with Gasteiger partial charge in [0.15, 0.2) is 0 Å². The van der Waals surface area contributed by atoms with Crippen LogP contribution in [0.3, 0.4) is 0 Å². The minimum Gasteiger partial charge on any atom is -0.748 e. The van der Waals surface area contributed by atoms with Crippen LogP contribution in [-0.2, 0) is 19.6 Å². The number of hydrogen-bond acceptors (Lipinski definition) is 6. The van der Waals surface area contributed by atoms with Crippen molar-refractivity contribution in [2.45, 2.75) is 26.4 Å². The number of aliphatic hydroxyl groups is 1. The molecule has 90 valence electrons. The van der Waals surface area contributed by atoms with Gasteiger partial charge in [-0.1, -0.05) is 13.8 Å². The Morgan fingerprint density at radius 2 is 2.00 bits per heavy atom. The van der Waals surface area contributed by atoms with Crippen molar-refractivity contribution >= 4 is 16.1 Å². The third-order valence-corrected chi connectivity index (χ3v) is 2.62. The Morgan fingerprint density at radius 1 is 1.50 bits per heavy atom. The van der Waals surface area contributed by atoms with Gasteiger partial charge in [0.1, 0.15) is 12.7 Å². The van der Waals surface area contributed by atoms with Crippen LogP contribution in [0.25, 0.3) is 0 Å². The van der Waals surface area contributed by atoms with Crippen LogP contribution in [0.15, 0.2) is 0 Å². The SMILES string of the molecule is CCC(C)C(=O)OCC(O)CS(=O)(=O)[O-].[Na+]. The average molecular weight is 262 g/mol. The first-order valence-corrected chi connectivity index (χ1v) is 6.12. The fraction of sp³-hybridized carbons (Fsp3) is 0.875. The van der Waals surface area contributed by atoms with Crippen LogP contribution < -0.4 is 29.6 Å². The molecule has 0 aliphatic heterocycles. The summed E-state index contributed by atoms with van der Waals surface area (Å²) in [5.41, 5.74) is 0. The van der Waals surface area contributed by atoms with Crippen LogP contribution in [0.5, 0.6) is 0 Å². The topological polar surface area (TPSA) is 104 Å². The molecule has 0 aliphatic rings. The van der Waals surface area contributed by atoms with Gasteiger partial charge in [0.25, 0.3) is 0 Å². The molecule has 0 aromatic rings. The molecule has 0 amide bonds. The second-order valence-electron chi connectivity index (χ2n) is 3.32. The number of hydrogen-bond donors (Lipinski definition) is 1. The average Bonchev–Trinajstić information content (AvgIpc) is 2.10. The van der Waals surface area contributed by atoms with Crippen LogP contribution in [-0.4, -0.2) is 42.5 Å². The maximum absolute atomic E-state index is 11.1. The van der Waals surface area contributed by atoms with Gasteiger partial charge in [-0.15, -0.1) is 0 Å². The molecule has 0 aromatic heterocycles. The van der Waals surface area contributed by atoms with Gasteiger partial charge >= 0.3 is 35.5 Å². The van der Waals surface area contributed by atoms with E-state index in [4.69, 9.17) is 5.11 Å². The Kier molecular flexibility index (Phi) is 9.86. The van der Waals surface area contributed by atoms with E-state index in [2.05, 4.69) is 4.74 Å². The zero-order chi connectivity index (χ0) is 12.1. The summed E-state index contributed by atoms with van der Waals surface area (Å²) < 4.78 is 35.3. The van der Waals surface area contributed by atoms with Crippen molar-refractivity contribution < 1.29 is 57.2 Å². The number of aliphatic hydroxyl groups excluding tert-OH is 1. The molecule has 0 radical (unpaired) electrons. The van der Waals surface area contributed by atoms with E-state index in [-0.39, 0.29) is 35.5 Å². The monoisotopic (exact) mass is 262 g/mol. The summed E-state index contributed by atoms with van der Waals surface area (Å²) in [6.45, 7) is 2.98. The van der Waals surface area contributed by atoms with E-state index in [9.17, 15) is 17.8 Å². The Labute approximate surface area is 117 Å². The number of carbonyl (C=O) groups is 1. The van der Waals surface area contributed by atoms with Crippen LogP contribution in [0, 0.1) is 5.92 Å². The van der Waals surface area contributed by atoms with Gasteiger partial charge in [-0.25, -0.2) is 8.42 Å². The van der Waals surface area contributed by atoms with Crippen LogP contribution in [0.2, 0.25) is 0 Å². The summed E-state index contributed by atoms with van der Waals surface area (Å²) in [5.74, 6) is -1.76. The zero-order valence-electron chi connectivity index (χ0n) is 9.67. The molecular formula is C8H15NaO6S. The van der Waals surface area contributed by atoms with E-state index >= 15 is 0 Å². The molecule has 0 saturated carbocycles. The smallest absolute Gasteiger partial charge is 0.748 e. The van der Waals surface area contributed by atoms with Gasteiger partial charge in [-0.05, 0) is 6.42 Å². The number of esters is 1. The fourth-order valence-corrected chi connectivity index (χ4v) is 1.34. The van der Waals surface area contributed by atoms with E-state index in [0.29, 0.717) is 6.42 Å². The molecular weight excluding hydrogens is 247 g/mol. The van der Waals surface area contributed by atoms with E-state index in [1.165, 1.54) is 0 Å². The normalized spacial score (nSPS) is 14.8. The van der Waals surface area contributed by atoms with Gasteiger partial charge in [-0.3, -0.25) is 4.79 Å². The number of carbonyl (C=O) groups excluding carboxylic acids is 1. The Hall–Kier alpha value is 0.340. The van der Waals surface area contributed by atoms with E-state index in [1.807, 2.05) is 0 Å². The molecule has 0 bridgehead atoms. The third-order valence-electron chi connectivity index (χ3n) is 1.83. The molecule has 6 nitrogen and oxygen atoms in total. The Bertz CT molecular complexity index is 302. The van der Waals surface area contributed by atoms with E-state index in [0.717, 1.165) is 0 Å². The fourth-order valence-electron chi connectivity index (χ4n) is 0.771. The second-order valence-corrected chi connectivity index (χ2v) is 4.77. The summed E-state index contributed by atoms with van der Waals surface area (Å²) in [7, 11) is -4.49. The predicted molar refractivity (Wildman–Crippen MR) is 51.0 cm³/mol. The van der Waals surface area contributed by atoms with Gasteiger partial charge in [-0.2, -0.15) is 0 Å². The first-order valence-electron chi connectivity index (χ1n) is 4.54. The van der Waals surface area contributed by atoms with Gasteiger partial charge in [0.05, 0.1) is 21.8 Å². The summed E-state index contributed by atoms with van der Waals surface area (Å²) >= 11 is 0. The van der Waals surface area contributed by atoms with Gasteiger partial charge in [0, 0.05) is 0 Å². The van der Waals surface area contributed by atoms with E-state index < -0.39 is 34.6 Å². The van der Waals surface area contributed by atoms with Gasteiger partial charge < -0.3 is 14.4 Å². The van der Waals surface area contributed by atoms with E-state index in [1.54, 1.807) is 13.8 Å². The minimum absolute atomic E-state index is 0. The Morgan fingerprint density at radius 3 is 2.38 bits per heavy atom. The van der Waals surface area contributed by atoms with Crippen LogP contribution >= 0.6 is 0 Å². The summed E-state index contributed by atoms with van der Waals surface area (Å²) in [6, 6.07) is 0. The maximum Gasteiger partial charge on any atom is 1.00 e. The first-order chi connectivity index (χ1) is 6.76. The van der Waals surface area contributed by atoms with Crippen molar-refractivity contribution in [3.8, 4) is 0 Å². The Balaban J connectivity index is 0. The molecule has 0 spiro atoms. The first kappa shape index (κ1) is 18.7. The second kappa shape index (κ2) is 8.43. The molecule has 1 N–H and O–H groups in total. The molecule has 8 heteroatoms. The molecule has 0 heterocycles. The van der Waals surface area contributed by atoms with Crippen molar-refractivity contribution in [3.63, 3.8) is 0 Å².